The minimum atomic E-state index is -0.531. The van der Waals surface area contributed by atoms with Gasteiger partial charge >= 0.3 is 0 Å². The van der Waals surface area contributed by atoms with Crippen molar-refractivity contribution in [1.29, 1.82) is 0 Å². The van der Waals surface area contributed by atoms with Crippen LogP contribution in [0.15, 0.2) is 42.5 Å². The van der Waals surface area contributed by atoms with E-state index in [-0.39, 0.29) is 30.5 Å². The summed E-state index contributed by atoms with van der Waals surface area (Å²) in [6.07, 6.45) is 0.0857. The monoisotopic (exact) mass is 373 g/mol. The van der Waals surface area contributed by atoms with Crippen LogP contribution in [0.2, 0.25) is 5.02 Å². The quantitative estimate of drug-likeness (QED) is 0.655. The van der Waals surface area contributed by atoms with Crippen molar-refractivity contribution < 1.29 is 14.5 Å². The van der Waals surface area contributed by atoms with E-state index in [1.807, 2.05) is 0 Å². The number of carbonyl (C=O) groups is 2. The van der Waals surface area contributed by atoms with Crippen LogP contribution in [0.5, 0.6) is 0 Å². The average Bonchev–Trinajstić information content (AvgIpc) is 2.99. The van der Waals surface area contributed by atoms with Gasteiger partial charge in [0.25, 0.3) is 5.69 Å². The topological polar surface area (TPSA) is 92.6 Å². The Labute approximate surface area is 154 Å². The molecule has 0 aliphatic carbocycles. The van der Waals surface area contributed by atoms with E-state index in [9.17, 15) is 19.7 Å². The molecule has 1 N–H and O–H groups in total. The van der Waals surface area contributed by atoms with E-state index in [0.29, 0.717) is 22.0 Å². The molecule has 134 valence electrons. The Bertz CT molecular complexity index is 883. The maximum absolute atomic E-state index is 12.5. The number of hydrogen-bond acceptors (Lipinski definition) is 4. The number of nitrogens with zero attached hydrogens (tertiary/aromatic N) is 2. The fourth-order valence-electron chi connectivity index (χ4n) is 2.95. The summed E-state index contributed by atoms with van der Waals surface area (Å²) in [5.41, 5.74) is 1.38. The van der Waals surface area contributed by atoms with Gasteiger partial charge in [0.1, 0.15) is 0 Å². The lowest BCUT2D eigenvalue weighted by molar-refractivity contribution is -0.385. The molecule has 1 aliphatic rings. The summed E-state index contributed by atoms with van der Waals surface area (Å²) in [6.45, 7) is 1.83. The lowest BCUT2D eigenvalue weighted by Crippen LogP contribution is -2.28. The van der Waals surface area contributed by atoms with Gasteiger partial charge in [0, 0.05) is 29.7 Å². The van der Waals surface area contributed by atoms with Crippen LogP contribution in [0.3, 0.4) is 0 Å². The molecule has 0 spiro atoms. The molecular weight excluding hydrogens is 358 g/mol. The fourth-order valence-corrected chi connectivity index (χ4v) is 3.07. The lowest BCUT2D eigenvalue weighted by Gasteiger charge is -2.17. The van der Waals surface area contributed by atoms with Crippen molar-refractivity contribution in [2.45, 2.75) is 13.3 Å². The first-order valence-electron chi connectivity index (χ1n) is 7.97. The van der Waals surface area contributed by atoms with Crippen LogP contribution in [-0.4, -0.2) is 23.3 Å². The SMILES string of the molecule is Cc1c(NC(=O)C2CC(=O)N(c3ccc(Cl)cc3)C2)cccc1[N+](=O)[O-]. The first-order chi connectivity index (χ1) is 12.4. The highest BCUT2D eigenvalue weighted by atomic mass is 35.5. The van der Waals surface area contributed by atoms with Crippen LogP contribution in [0, 0.1) is 23.0 Å². The number of carbonyl (C=O) groups excluding carboxylic acids is 2. The van der Waals surface area contributed by atoms with E-state index in [0.717, 1.165) is 0 Å². The van der Waals surface area contributed by atoms with Gasteiger partial charge in [-0.05, 0) is 37.3 Å². The number of halogens is 1. The number of nitro benzene ring substituents is 1. The van der Waals surface area contributed by atoms with E-state index in [2.05, 4.69) is 5.32 Å². The van der Waals surface area contributed by atoms with Crippen LogP contribution >= 0.6 is 11.6 Å². The van der Waals surface area contributed by atoms with Crippen molar-refractivity contribution in [2.75, 3.05) is 16.8 Å². The molecular formula is C18H16ClN3O4. The molecule has 8 heteroatoms. The van der Waals surface area contributed by atoms with Gasteiger partial charge < -0.3 is 10.2 Å². The molecule has 3 rings (SSSR count). The Kier molecular flexibility index (Phi) is 4.90. The highest BCUT2D eigenvalue weighted by Gasteiger charge is 2.35. The van der Waals surface area contributed by atoms with Crippen molar-refractivity contribution in [1.82, 2.24) is 0 Å². The second-order valence-electron chi connectivity index (χ2n) is 6.08. The van der Waals surface area contributed by atoms with Crippen molar-refractivity contribution in [3.63, 3.8) is 0 Å². The zero-order valence-electron chi connectivity index (χ0n) is 13.9. The van der Waals surface area contributed by atoms with Crippen LogP contribution in [0.25, 0.3) is 0 Å². The number of anilines is 2. The Balaban J connectivity index is 1.74. The van der Waals surface area contributed by atoms with Crippen molar-refractivity contribution >= 4 is 40.5 Å². The van der Waals surface area contributed by atoms with Crippen molar-refractivity contribution in [2.24, 2.45) is 5.92 Å². The summed E-state index contributed by atoms with van der Waals surface area (Å²) in [7, 11) is 0. The van der Waals surface area contributed by atoms with E-state index in [4.69, 9.17) is 11.6 Å². The van der Waals surface area contributed by atoms with Gasteiger partial charge in [-0.25, -0.2) is 0 Å². The van der Waals surface area contributed by atoms with Crippen LogP contribution in [-0.2, 0) is 9.59 Å². The minimum Gasteiger partial charge on any atom is -0.325 e. The predicted molar refractivity (Wildman–Crippen MR) is 98.4 cm³/mol. The van der Waals surface area contributed by atoms with E-state index >= 15 is 0 Å². The second-order valence-corrected chi connectivity index (χ2v) is 6.51. The molecule has 0 aromatic heterocycles. The molecule has 7 nitrogen and oxygen atoms in total. The molecule has 0 radical (unpaired) electrons. The van der Waals surface area contributed by atoms with E-state index < -0.39 is 10.8 Å². The number of benzene rings is 2. The maximum atomic E-state index is 12.5. The highest BCUT2D eigenvalue weighted by Crippen LogP contribution is 2.29. The maximum Gasteiger partial charge on any atom is 0.274 e. The Hall–Kier alpha value is -2.93. The third-order valence-corrected chi connectivity index (χ3v) is 4.65. The summed E-state index contributed by atoms with van der Waals surface area (Å²) in [5, 5.41) is 14.3. The highest BCUT2D eigenvalue weighted by molar-refractivity contribution is 6.30. The summed E-state index contributed by atoms with van der Waals surface area (Å²) in [4.78, 5) is 36.9. The molecule has 1 aliphatic heterocycles. The first-order valence-corrected chi connectivity index (χ1v) is 8.35. The third-order valence-electron chi connectivity index (χ3n) is 4.39. The molecule has 2 aromatic rings. The average molecular weight is 374 g/mol. The van der Waals surface area contributed by atoms with Crippen molar-refractivity contribution in [3.05, 3.63) is 63.2 Å². The molecule has 0 saturated carbocycles. The largest absolute Gasteiger partial charge is 0.325 e. The fraction of sp³-hybridized carbons (Fsp3) is 0.222. The van der Waals surface area contributed by atoms with Crippen LogP contribution < -0.4 is 10.2 Å². The first kappa shape index (κ1) is 17.9. The molecule has 2 aromatic carbocycles. The molecule has 26 heavy (non-hydrogen) atoms. The Morgan fingerprint density at radius 2 is 1.96 bits per heavy atom. The number of hydrogen-bond donors (Lipinski definition) is 1. The predicted octanol–water partition coefficient (Wildman–Crippen LogP) is 3.55. The summed E-state index contributed by atoms with van der Waals surface area (Å²) < 4.78 is 0. The number of amides is 2. The lowest BCUT2D eigenvalue weighted by atomic mass is 10.1. The molecule has 1 atom stereocenters. The summed E-state index contributed by atoms with van der Waals surface area (Å²) in [5.74, 6) is -1.02. The normalized spacial score (nSPS) is 16.6. The van der Waals surface area contributed by atoms with Gasteiger partial charge in [-0.3, -0.25) is 19.7 Å². The van der Waals surface area contributed by atoms with Crippen LogP contribution in [0.4, 0.5) is 17.1 Å². The third kappa shape index (κ3) is 3.52. The zero-order valence-corrected chi connectivity index (χ0v) is 14.7. The summed E-state index contributed by atoms with van der Waals surface area (Å²) in [6, 6.07) is 11.3. The minimum absolute atomic E-state index is 0.0620. The number of rotatable bonds is 4. The zero-order chi connectivity index (χ0) is 18.8. The molecule has 2 amide bonds. The van der Waals surface area contributed by atoms with Gasteiger partial charge in [-0.2, -0.15) is 0 Å². The van der Waals surface area contributed by atoms with Gasteiger partial charge in [0.05, 0.1) is 22.1 Å². The van der Waals surface area contributed by atoms with Crippen LogP contribution in [0.1, 0.15) is 12.0 Å². The number of nitro groups is 1. The molecule has 0 bridgehead atoms. The molecule has 1 unspecified atom stereocenters. The second kappa shape index (κ2) is 7.13. The van der Waals surface area contributed by atoms with Gasteiger partial charge in [0.2, 0.25) is 11.8 Å². The van der Waals surface area contributed by atoms with Crippen molar-refractivity contribution in [3.8, 4) is 0 Å². The standard InChI is InChI=1S/C18H16ClN3O4/c1-11-15(3-2-4-16(11)22(25)26)20-18(24)12-9-17(23)21(10-12)14-7-5-13(19)6-8-14/h2-8,12H,9-10H2,1H3,(H,20,24). The summed E-state index contributed by atoms with van der Waals surface area (Å²) >= 11 is 5.86. The smallest absolute Gasteiger partial charge is 0.274 e. The van der Waals surface area contributed by atoms with Gasteiger partial charge in [-0.15, -0.1) is 0 Å². The van der Waals surface area contributed by atoms with Gasteiger partial charge in [-0.1, -0.05) is 17.7 Å². The molecule has 1 fully saturated rings. The molecule has 1 heterocycles. The molecule has 1 saturated heterocycles. The Morgan fingerprint density at radius 1 is 1.27 bits per heavy atom. The Morgan fingerprint density at radius 3 is 2.62 bits per heavy atom. The van der Waals surface area contributed by atoms with E-state index in [1.54, 1.807) is 42.2 Å². The van der Waals surface area contributed by atoms with E-state index in [1.165, 1.54) is 12.1 Å². The van der Waals surface area contributed by atoms with Gasteiger partial charge in [0.15, 0.2) is 0 Å². The number of nitrogens with one attached hydrogen (secondary N) is 1.